The van der Waals surface area contributed by atoms with Crippen LogP contribution < -0.4 is 0 Å². The zero-order chi connectivity index (χ0) is 12.4. The number of rotatable bonds is 1. The lowest BCUT2D eigenvalue weighted by Crippen LogP contribution is -2.51. The van der Waals surface area contributed by atoms with E-state index in [1.165, 1.54) is 0 Å². The molecule has 17 heavy (non-hydrogen) atoms. The molecule has 1 aliphatic heterocycles. The maximum atomic E-state index is 12.3. The van der Waals surface area contributed by atoms with E-state index in [1.54, 1.807) is 24.3 Å². The molecule has 1 fully saturated rings. The molecule has 1 heterocycles. The van der Waals surface area contributed by atoms with Crippen LogP contribution in [0.4, 0.5) is 0 Å². The number of hydrogen-bond acceptors (Lipinski definition) is 2. The highest BCUT2D eigenvalue weighted by Crippen LogP contribution is 2.18. The summed E-state index contributed by atoms with van der Waals surface area (Å²) in [6.45, 7) is 5.23. The lowest BCUT2D eigenvalue weighted by atomic mass is 10.1. The monoisotopic (exact) mass is 253 g/mol. The van der Waals surface area contributed by atoms with Crippen LogP contribution in [0.2, 0.25) is 5.02 Å². The SMILES string of the molecule is CC1OCCN(C(=O)c2cccc(Cl)c2)C1C. The van der Waals surface area contributed by atoms with Crippen molar-refractivity contribution in [2.75, 3.05) is 13.2 Å². The molecule has 2 atom stereocenters. The molecule has 2 unspecified atom stereocenters. The molecule has 92 valence electrons. The average Bonchev–Trinajstić information content (AvgIpc) is 2.32. The standard InChI is InChI=1S/C13H16ClNO2/c1-9-10(2)17-7-6-15(9)13(16)11-4-3-5-12(14)8-11/h3-5,8-10H,6-7H2,1-2H3. The highest BCUT2D eigenvalue weighted by Gasteiger charge is 2.29. The predicted octanol–water partition coefficient (Wildman–Crippen LogP) is 2.59. The first-order valence-electron chi connectivity index (χ1n) is 5.77. The Hall–Kier alpha value is -1.06. The van der Waals surface area contributed by atoms with Crippen molar-refractivity contribution in [1.82, 2.24) is 4.90 Å². The normalized spacial score (nSPS) is 24.8. The van der Waals surface area contributed by atoms with Gasteiger partial charge < -0.3 is 9.64 Å². The maximum absolute atomic E-state index is 12.3. The molecule has 0 aromatic heterocycles. The highest BCUT2D eigenvalue weighted by atomic mass is 35.5. The van der Waals surface area contributed by atoms with Crippen molar-refractivity contribution in [3.05, 3.63) is 34.9 Å². The van der Waals surface area contributed by atoms with E-state index in [1.807, 2.05) is 18.7 Å². The minimum Gasteiger partial charge on any atom is -0.375 e. The molecular formula is C13H16ClNO2. The zero-order valence-electron chi connectivity index (χ0n) is 10.0. The van der Waals surface area contributed by atoms with Gasteiger partial charge in [-0.05, 0) is 32.0 Å². The minimum absolute atomic E-state index is 0.0233. The first-order valence-corrected chi connectivity index (χ1v) is 6.15. The second-order valence-electron chi connectivity index (χ2n) is 4.33. The summed E-state index contributed by atoms with van der Waals surface area (Å²) in [5, 5.41) is 0.588. The molecule has 1 saturated heterocycles. The lowest BCUT2D eigenvalue weighted by Gasteiger charge is -2.37. The topological polar surface area (TPSA) is 29.5 Å². The van der Waals surface area contributed by atoms with Crippen molar-refractivity contribution in [3.8, 4) is 0 Å². The fraction of sp³-hybridized carbons (Fsp3) is 0.462. The Bertz CT molecular complexity index is 422. The highest BCUT2D eigenvalue weighted by molar-refractivity contribution is 6.30. The molecule has 1 amide bonds. The van der Waals surface area contributed by atoms with E-state index in [0.717, 1.165) is 0 Å². The fourth-order valence-electron chi connectivity index (χ4n) is 2.01. The molecular weight excluding hydrogens is 238 g/mol. The first kappa shape index (κ1) is 12.4. The van der Waals surface area contributed by atoms with Gasteiger partial charge in [-0.15, -0.1) is 0 Å². The van der Waals surface area contributed by atoms with E-state index >= 15 is 0 Å². The Kier molecular flexibility index (Phi) is 3.69. The number of benzene rings is 1. The van der Waals surface area contributed by atoms with Crippen LogP contribution in [0.1, 0.15) is 24.2 Å². The van der Waals surface area contributed by atoms with Gasteiger partial charge in [0.15, 0.2) is 0 Å². The molecule has 1 aromatic carbocycles. The maximum Gasteiger partial charge on any atom is 0.254 e. The number of carbonyl (C=O) groups is 1. The molecule has 3 nitrogen and oxygen atoms in total. The van der Waals surface area contributed by atoms with Gasteiger partial charge in [-0.1, -0.05) is 17.7 Å². The first-order chi connectivity index (χ1) is 8.09. The predicted molar refractivity (Wildman–Crippen MR) is 67.4 cm³/mol. The van der Waals surface area contributed by atoms with E-state index in [-0.39, 0.29) is 18.1 Å². The van der Waals surface area contributed by atoms with E-state index < -0.39 is 0 Å². The van der Waals surface area contributed by atoms with Crippen LogP contribution >= 0.6 is 11.6 Å². The van der Waals surface area contributed by atoms with Gasteiger partial charge in [0.25, 0.3) is 5.91 Å². The average molecular weight is 254 g/mol. The summed E-state index contributed by atoms with van der Waals surface area (Å²) >= 11 is 5.90. The summed E-state index contributed by atoms with van der Waals surface area (Å²) in [6.07, 6.45) is 0.0758. The van der Waals surface area contributed by atoms with Crippen molar-refractivity contribution in [3.63, 3.8) is 0 Å². The minimum atomic E-state index is 0.0233. The zero-order valence-corrected chi connectivity index (χ0v) is 10.8. The third-order valence-corrected chi connectivity index (χ3v) is 3.45. The summed E-state index contributed by atoms with van der Waals surface area (Å²) in [5.41, 5.74) is 0.637. The third-order valence-electron chi connectivity index (χ3n) is 3.22. The Labute approximate surface area is 106 Å². The van der Waals surface area contributed by atoms with Crippen LogP contribution in [0, 0.1) is 0 Å². The van der Waals surface area contributed by atoms with Gasteiger partial charge >= 0.3 is 0 Å². The van der Waals surface area contributed by atoms with E-state index in [4.69, 9.17) is 16.3 Å². The molecule has 0 saturated carbocycles. The van der Waals surface area contributed by atoms with Crippen LogP contribution in [0.25, 0.3) is 0 Å². The van der Waals surface area contributed by atoms with Crippen LogP contribution in [0.3, 0.4) is 0 Å². The second-order valence-corrected chi connectivity index (χ2v) is 4.76. The number of amides is 1. The Morgan fingerprint density at radius 3 is 2.94 bits per heavy atom. The number of halogens is 1. The van der Waals surface area contributed by atoms with Crippen molar-refractivity contribution in [2.24, 2.45) is 0 Å². The van der Waals surface area contributed by atoms with Crippen LogP contribution in [0.5, 0.6) is 0 Å². The number of nitrogens with zero attached hydrogens (tertiary/aromatic N) is 1. The van der Waals surface area contributed by atoms with Gasteiger partial charge in [-0.2, -0.15) is 0 Å². The van der Waals surface area contributed by atoms with Crippen molar-refractivity contribution in [2.45, 2.75) is 26.0 Å². The van der Waals surface area contributed by atoms with Gasteiger partial charge in [0.2, 0.25) is 0 Å². The Balaban J connectivity index is 2.19. The smallest absolute Gasteiger partial charge is 0.254 e. The molecule has 0 radical (unpaired) electrons. The molecule has 0 aliphatic carbocycles. The molecule has 0 N–H and O–H groups in total. The van der Waals surface area contributed by atoms with Crippen LogP contribution in [0.15, 0.2) is 24.3 Å². The van der Waals surface area contributed by atoms with Crippen molar-refractivity contribution < 1.29 is 9.53 Å². The van der Waals surface area contributed by atoms with E-state index in [0.29, 0.717) is 23.7 Å². The quantitative estimate of drug-likeness (QED) is 0.770. The fourth-order valence-corrected chi connectivity index (χ4v) is 2.20. The van der Waals surface area contributed by atoms with Gasteiger partial charge in [0.05, 0.1) is 18.8 Å². The molecule has 4 heteroatoms. The number of morpholine rings is 1. The molecule has 1 aliphatic rings. The van der Waals surface area contributed by atoms with Crippen molar-refractivity contribution in [1.29, 1.82) is 0 Å². The largest absolute Gasteiger partial charge is 0.375 e. The molecule has 0 bridgehead atoms. The van der Waals surface area contributed by atoms with E-state index in [2.05, 4.69) is 0 Å². The van der Waals surface area contributed by atoms with Crippen molar-refractivity contribution >= 4 is 17.5 Å². The summed E-state index contributed by atoms with van der Waals surface area (Å²) < 4.78 is 5.51. The van der Waals surface area contributed by atoms with Gasteiger partial charge in [-0.3, -0.25) is 4.79 Å². The summed E-state index contributed by atoms with van der Waals surface area (Å²) in [7, 11) is 0. The summed E-state index contributed by atoms with van der Waals surface area (Å²) in [4.78, 5) is 14.2. The van der Waals surface area contributed by atoms with Gasteiger partial charge in [0, 0.05) is 17.1 Å². The molecule has 0 spiro atoms. The molecule has 1 aromatic rings. The molecule has 2 rings (SSSR count). The number of ether oxygens (including phenoxy) is 1. The van der Waals surface area contributed by atoms with Crippen LogP contribution in [-0.4, -0.2) is 36.1 Å². The summed E-state index contributed by atoms with van der Waals surface area (Å²) in [6, 6.07) is 7.15. The number of carbonyl (C=O) groups excluding carboxylic acids is 1. The lowest BCUT2D eigenvalue weighted by molar-refractivity contribution is -0.0440. The van der Waals surface area contributed by atoms with E-state index in [9.17, 15) is 4.79 Å². The second kappa shape index (κ2) is 5.07. The third kappa shape index (κ3) is 2.61. The summed E-state index contributed by atoms with van der Waals surface area (Å²) in [5.74, 6) is 0.0233. The van der Waals surface area contributed by atoms with Gasteiger partial charge in [-0.25, -0.2) is 0 Å². The van der Waals surface area contributed by atoms with Crippen LogP contribution in [-0.2, 0) is 4.74 Å². The van der Waals surface area contributed by atoms with Gasteiger partial charge in [0.1, 0.15) is 0 Å². The number of hydrogen-bond donors (Lipinski definition) is 0. The Morgan fingerprint density at radius 2 is 2.24 bits per heavy atom. The Morgan fingerprint density at radius 1 is 1.47 bits per heavy atom.